The summed E-state index contributed by atoms with van der Waals surface area (Å²) in [6.07, 6.45) is 0. The van der Waals surface area contributed by atoms with Crippen molar-refractivity contribution in [2.45, 2.75) is 27.0 Å². The molecule has 2 aromatic heterocycles. The number of nitrogens with zero attached hydrogens (tertiary/aromatic N) is 3. The Bertz CT molecular complexity index is 1220. The van der Waals surface area contributed by atoms with Crippen molar-refractivity contribution in [3.05, 3.63) is 83.3 Å². The van der Waals surface area contributed by atoms with E-state index in [9.17, 15) is 13.6 Å². The summed E-state index contributed by atoms with van der Waals surface area (Å²) in [4.78, 5) is 12.6. The van der Waals surface area contributed by atoms with Crippen LogP contribution in [-0.2, 0) is 6.54 Å². The van der Waals surface area contributed by atoms with Gasteiger partial charge in [0, 0.05) is 23.4 Å². The number of nitrogens with one attached hydrogen (secondary N) is 2. The quantitative estimate of drug-likeness (QED) is 0.449. The Morgan fingerprint density at radius 2 is 1.84 bits per heavy atom. The van der Waals surface area contributed by atoms with Crippen molar-refractivity contribution >= 4 is 5.91 Å². The number of aryl methyl sites for hydroxylation is 1. The second-order valence-corrected chi connectivity index (χ2v) is 7.15. The van der Waals surface area contributed by atoms with Crippen LogP contribution in [0.25, 0.3) is 16.9 Å². The summed E-state index contributed by atoms with van der Waals surface area (Å²) < 4.78 is 30.8. The van der Waals surface area contributed by atoms with Gasteiger partial charge in [0.15, 0.2) is 0 Å². The zero-order valence-corrected chi connectivity index (χ0v) is 17.5. The first-order valence-electron chi connectivity index (χ1n) is 9.91. The number of aromatic amines is 1. The third-order valence-electron chi connectivity index (χ3n) is 5.07. The maximum Gasteiger partial charge on any atom is 0.387 e. The van der Waals surface area contributed by atoms with E-state index in [1.165, 1.54) is 12.1 Å². The Morgan fingerprint density at radius 3 is 2.53 bits per heavy atom. The Kier molecular flexibility index (Phi) is 5.98. The van der Waals surface area contributed by atoms with E-state index in [-0.39, 0.29) is 11.7 Å². The zero-order chi connectivity index (χ0) is 22.7. The Labute approximate surface area is 183 Å². The van der Waals surface area contributed by atoms with Crippen LogP contribution in [0.5, 0.6) is 5.75 Å². The van der Waals surface area contributed by atoms with E-state index >= 15 is 0 Å². The molecule has 2 N–H and O–H groups in total. The number of rotatable bonds is 7. The lowest BCUT2D eigenvalue weighted by Crippen LogP contribution is -2.23. The predicted molar refractivity (Wildman–Crippen MR) is 115 cm³/mol. The topological polar surface area (TPSA) is 84.8 Å². The van der Waals surface area contributed by atoms with E-state index in [1.807, 2.05) is 48.9 Å². The second-order valence-electron chi connectivity index (χ2n) is 7.15. The summed E-state index contributed by atoms with van der Waals surface area (Å²) in [6.45, 7) is 1.30. The molecule has 7 nitrogen and oxygen atoms in total. The molecule has 0 bridgehead atoms. The molecular weight excluding hydrogens is 416 g/mol. The molecule has 9 heteroatoms. The number of H-pyrrole nitrogens is 1. The zero-order valence-electron chi connectivity index (χ0n) is 17.5. The summed E-state index contributed by atoms with van der Waals surface area (Å²) in [5.74, 6) is -0.258. The van der Waals surface area contributed by atoms with Crippen molar-refractivity contribution in [2.75, 3.05) is 0 Å². The normalized spacial score (nSPS) is 11.0. The van der Waals surface area contributed by atoms with Gasteiger partial charge < -0.3 is 10.1 Å². The molecule has 4 rings (SSSR count). The van der Waals surface area contributed by atoms with E-state index in [0.29, 0.717) is 23.5 Å². The lowest BCUT2D eigenvalue weighted by molar-refractivity contribution is -0.0498. The molecule has 164 valence electrons. The van der Waals surface area contributed by atoms with E-state index in [4.69, 9.17) is 0 Å². The van der Waals surface area contributed by atoms with Gasteiger partial charge in [-0.15, -0.1) is 0 Å². The van der Waals surface area contributed by atoms with Crippen molar-refractivity contribution in [1.29, 1.82) is 0 Å². The number of amides is 1. The number of halogens is 2. The first-order valence-corrected chi connectivity index (χ1v) is 9.91. The number of alkyl halides is 2. The fraction of sp³-hybridized carbons (Fsp3) is 0.174. The third kappa shape index (κ3) is 4.51. The molecule has 0 saturated carbocycles. The largest absolute Gasteiger partial charge is 0.435 e. The van der Waals surface area contributed by atoms with Crippen molar-refractivity contribution in [1.82, 2.24) is 25.3 Å². The highest BCUT2D eigenvalue weighted by Gasteiger charge is 2.16. The number of benzene rings is 2. The number of ether oxygens (including phenoxy) is 1. The van der Waals surface area contributed by atoms with Gasteiger partial charge in [-0.05, 0) is 56.3 Å². The first-order chi connectivity index (χ1) is 15.4. The number of hydrogen-bond donors (Lipinski definition) is 2. The van der Waals surface area contributed by atoms with Crippen LogP contribution < -0.4 is 10.1 Å². The minimum absolute atomic E-state index is 0.0547. The van der Waals surface area contributed by atoms with Crippen molar-refractivity contribution < 1.29 is 18.3 Å². The number of hydrogen-bond acceptors (Lipinski definition) is 4. The lowest BCUT2D eigenvalue weighted by atomic mass is 10.1. The van der Waals surface area contributed by atoms with Gasteiger partial charge in [-0.3, -0.25) is 9.89 Å². The summed E-state index contributed by atoms with van der Waals surface area (Å²) in [5.41, 5.74) is 5.15. The van der Waals surface area contributed by atoms with Crippen LogP contribution in [0.4, 0.5) is 8.78 Å². The molecule has 0 aliphatic rings. The van der Waals surface area contributed by atoms with Gasteiger partial charge in [-0.1, -0.05) is 18.2 Å². The SMILES string of the molecule is Cc1nn(-c2ccccc2)c(C)c1CNC(=O)c1cc(-c2ccc(OC(F)F)cc2)n[nH]1. The van der Waals surface area contributed by atoms with Crippen molar-refractivity contribution in [3.63, 3.8) is 0 Å². The van der Waals surface area contributed by atoms with Crippen LogP contribution in [0.2, 0.25) is 0 Å². The Balaban J connectivity index is 1.44. The molecule has 0 atom stereocenters. The minimum Gasteiger partial charge on any atom is -0.435 e. The maximum absolute atomic E-state index is 12.6. The second kappa shape index (κ2) is 9.01. The average Bonchev–Trinajstić information content (AvgIpc) is 3.38. The fourth-order valence-corrected chi connectivity index (χ4v) is 3.41. The molecule has 0 radical (unpaired) electrons. The van der Waals surface area contributed by atoms with E-state index < -0.39 is 6.61 Å². The number of carbonyl (C=O) groups excluding carboxylic acids is 1. The average molecular weight is 437 g/mol. The van der Waals surface area contributed by atoms with E-state index in [0.717, 1.165) is 22.6 Å². The Hall–Kier alpha value is -4.01. The van der Waals surface area contributed by atoms with Crippen LogP contribution in [0, 0.1) is 13.8 Å². The molecule has 2 aromatic carbocycles. The molecule has 0 saturated heterocycles. The molecule has 0 fully saturated rings. The van der Waals surface area contributed by atoms with E-state index in [1.54, 1.807) is 18.2 Å². The number of para-hydroxylation sites is 1. The van der Waals surface area contributed by atoms with Gasteiger partial charge in [0.25, 0.3) is 5.91 Å². The molecule has 32 heavy (non-hydrogen) atoms. The van der Waals surface area contributed by atoms with Gasteiger partial charge >= 0.3 is 6.61 Å². The van der Waals surface area contributed by atoms with Gasteiger partial charge in [-0.25, -0.2) is 4.68 Å². The predicted octanol–water partition coefficient (Wildman–Crippen LogP) is 4.41. The highest BCUT2D eigenvalue weighted by Crippen LogP contribution is 2.23. The molecule has 0 aliphatic carbocycles. The van der Waals surface area contributed by atoms with Crippen molar-refractivity contribution in [3.8, 4) is 22.7 Å². The Morgan fingerprint density at radius 1 is 1.12 bits per heavy atom. The molecular formula is C23H21F2N5O2. The van der Waals surface area contributed by atoms with Gasteiger partial charge in [0.2, 0.25) is 0 Å². The maximum atomic E-state index is 12.6. The highest BCUT2D eigenvalue weighted by atomic mass is 19.3. The first kappa shape index (κ1) is 21.2. The summed E-state index contributed by atoms with van der Waals surface area (Å²) in [5, 5.41) is 14.3. The van der Waals surface area contributed by atoms with Crippen LogP contribution in [0.15, 0.2) is 60.7 Å². The monoisotopic (exact) mass is 437 g/mol. The van der Waals surface area contributed by atoms with Crippen LogP contribution in [0.1, 0.15) is 27.4 Å². The lowest BCUT2D eigenvalue weighted by Gasteiger charge is -2.06. The summed E-state index contributed by atoms with van der Waals surface area (Å²) in [7, 11) is 0. The van der Waals surface area contributed by atoms with Crippen molar-refractivity contribution in [2.24, 2.45) is 0 Å². The summed E-state index contributed by atoms with van der Waals surface area (Å²) >= 11 is 0. The molecule has 0 spiro atoms. The molecule has 1 amide bonds. The van der Waals surface area contributed by atoms with Gasteiger partial charge in [0.1, 0.15) is 11.4 Å². The molecule has 0 aliphatic heterocycles. The molecule has 2 heterocycles. The smallest absolute Gasteiger partial charge is 0.387 e. The number of carbonyl (C=O) groups is 1. The van der Waals surface area contributed by atoms with Crippen LogP contribution in [0.3, 0.4) is 0 Å². The summed E-state index contributed by atoms with van der Waals surface area (Å²) in [6, 6.07) is 17.4. The van der Waals surface area contributed by atoms with Crippen LogP contribution >= 0.6 is 0 Å². The fourth-order valence-electron chi connectivity index (χ4n) is 3.41. The number of aromatic nitrogens is 4. The van der Waals surface area contributed by atoms with Crippen LogP contribution in [-0.4, -0.2) is 32.5 Å². The molecule has 0 unspecified atom stereocenters. The van der Waals surface area contributed by atoms with Gasteiger partial charge in [0.05, 0.1) is 17.1 Å². The highest BCUT2D eigenvalue weighted by molar-refractivity contribution is 5.93. The van der Waals surface area contributed by atoms with E-state index in [2.05, 4.69) is 25.3 Å². The molecule has 4 aromatic rings. The van der Waals surface area contributed by atoms with Gasteiger partial charge in [-0.2, -0.15) is 19.0 Å². The minimum atomic E-state index is -2.88. The standard InChI is InChI=1S/C23H21F2N5O2/c1-14-19(15(2)30(29-14)17-6-4-3-5-7-17)13-26-22(31)21-12-20(27-28-21)16-8-10-18(11-9-16)32-23(24)25/h3-12,23H,13H2,1-2H3,(H,26,31)(H,27,28). The third-order valence-corrected chi connectivity index (χ3v) is 5.07.